The highest BCUT2D eigenvalue weighted by Crippen LogP contribution is 2.31. The maximum Gasteiger partial charge on any atom is 0.255 e. The average Bonchev–Trinajstić information content (AvgIpc) is 3.09. The summed E-state index contributed by atoms with van der Waals surface area (Å²) in [7, 11) is 3.91. The molecule has 1 aliphatic carbocycles. The van der Waals surface area contributed by atoms with Crippen molar-refractivity contribution in [1.29, 1.82) is 0 Å². The molecule has 2 N–H and O–H groups in total. The van der Waals surface area contributed by atoms with Crippen LogP contribution in [0.4, 0.5) is 5.69 Å². The number of rotatable bonds is 3. The lowest BCUT2D eigenvalue weighted by Gasteiger charge is -2.27. The first-order valence-electron chi connectivity index (χ1n) is 8.67. The monoisotopic (exact) mass is 334 g/mol. The number of benzene rings is 1. The van der Waals surface area contributed by atoms with Gasteiger partial charge in [-0.1, -0.05) is 24.3 Å². The maximum absolute atomic E-state index is 13.0. The van der Waals surface area contributed by atoms with Gasteiger partial charge in [-0.05, 0) is 36.5 Å². The largest absolute Gasteiger partial charge is 0.376 e. The minimum Gasteiger partial charge on any atom is -0.376 e. The van der Waals surface area contributed by atoms with Gasteiger partial charge in [0.15, 0.2) is 0 Å². The van der Waals surface area contributed by atoms with Gasteiger partial charge in [0.1, 0.15) is 5.65 Å². The zero-order chi connectivity index (χ0) is 17.4. The van der Waals surface area contributed by atoms with E-state index in [0.29, 0.717) is 5.56 Å². The minimum atomic E-state index is -0.0685. The molecule has 0 bridgehead atoms. The number of carbonyl (C=O) groups is 1. The number of nitrogens with one attached hydrogen (secondary N) is 2. The van der Waals surface area contributed by atoms with Crippen molar-refractivity contribution in [1.82, 2.24) is 15.3 Å². The van der Waals surface area contributed by atoms with Crippen molar-refractivity contribution in [3.8, 4) is 0 Å². The topological polar surface area (TPSA) is 61.0 Å². The number of hydrogen-bond acceptors (Lipinski definition) is 3. The number of pyridine rings is 1. The quantitative estimate of drug-likeness (QED) is 0.771. The standard InChI is InChI=1S/C20H22N4O/c1-24(2)18-15-10-11-21-19(15)22-12-16(18)20(25)23-17-9-5-7-13-6-3-4-8-14(13)17/h3-4,6,8,10-12,17H,5,7,9H2,1-2H3,(H,21,22)(H,23,25)/t17-/m0/s1. The summed E-state index contributed by atoms with van der Waals surface area (Å²) >= 11 is 0. The second kappa shape index (κ2) is 6.24. The molecule has 4 rings (SSSR count). The van der Waals surface area contributed by atoms with Crippen molar-refractivity contribution in [2.24, 2.45) is 0 Å². The summed E-state index contributed by atoms with van der Waals surface area (Å²) in [5.74, 6) is -0.0685. The fourth-order valence-electron chi connectivity index (χ4n) is 3.78. The summed E-state index contributed by atoms with van der Waals surface area (Å²) in [4.78, 5) is 22.5. The molecule has 2 heterocycles. The summed E-state index contributed by atoms with van der Waals surface area (Å²) in [6.45, 7) is 0. The Bertz CT molecular complexity index is 928. The molecule has 1 atom stereocenters. The molecular formula is C20H22N4O. The number of aromatic nitrogens is 2. The van der Waals surface area contributed by atoms with Gasteiger partial charge in [0.05, 0.1) is 17.3 Å². The number of aryl methyl sites for hydroxylation is 1. The Balaban J connectivity index is 1.69. The second-order valence-corrected chi connectivity index (χ2v) is 6.77. The lowest BCUT2D eigenvalue weighted by Crippen LogP contribution is -2.32. The fraction of sp³-hybridized carbons (Fsp3) is 0.300. The Labute approximate surface area is 147 Å². The van der Waals surface area contributed by atoms with Gasteiger partial charge in [-0.3, -0.25) is 4.79 Å². The van der Waals surface area contributed by atoms with E-state index < -0.39 is 0 Å². The van der Waals surface area contributed by atoms with Crippen LogP contribution in [0.2, 0.25) is 0 Å². The molecular weight excluding hydrogens is 312 g/mol. The van der Waals surface area contributed by atoms with E-state index >= 15 is 0 Å². The predicted molar refractivity (Wildman–Crippen MR) is 100 cm³/mol. The maximum atomic E-state index is 13.0. The van der Waals surface area contributed by atoms with Crippen LogP contribution in [0.15, 0.2) is 42.7 Å². The van der Waals surface area contributed by atoms with Crippen LogP contribution in [-0.4, -0.2) is 30.0 Å². The molecule has 5 heteroatoms. The van der Waals surface area contributed by atoms with Crippen LogP contribution in [0.1, 0.15) is 40.4 Å². The molecule has 0 radical (unpaired) electrons. The summed E-state index contributed by atoms with van der Waals surface area (Å²) in [6.07, 6.45) is 6.67. The van der Waals surface area contributed by atoms with Gasteiger partial charge in [0, 0.05) is 31.9 Å². The summed E-state index contributed by atoms with van der Waals surface area (Å²) in [6, 6.07) is 10.4. The minimum absolute atomic E-state index is 0.0642. The van der Waals surface area contributed by atoms with Gasteiger partial charge < -0.3 is 15.2 Å². The van der Waals surface area contributed by atoms with Gasteiger partial charge in [-0.15, -0.1) is 0 Å². The Hall–Kier alpha value is -2.82. The lowest BCUT2D eigenvalue weighted by atomic mass is 9.87. The second-order valence-electron chi connectivity index (χ2n) is 6.77. The van der Waals surface area contributed by atoms with Crippen molar-refractivity contribution < 1.29 is 4.79 Å². The SMILES string of the molecule is CN(C)c1c(C(=O)N[C@H]2CCCc3ccccc32)cnc2[nH]ccc12. The lowest BCUT2D eigenvalue weighted by molar-refractivity contribution is 0.0933. The van der Waals surface area contributed by atoms with E-state index in [0.717, 1.165) is 36.0 Å². The Morgan fingerprint density at radius 2 is 2.12 bits per heavy atom. The van der Waals surface area contributed by atoms with Crippen LogP contribution in [0, 0.1) is 0 Å². The summed E-state index contributed by atoms with van der Waals surface area (Å²) in [5, 5.41) is 4.19. The molecule has 1 aliphatic rings. The van der Waals surface area contributed by atoms with Crippen LogP contribution in [0.25, 0.3) is 11.0 Å². The van der Waals surface area contributed by atoms with Crippen molar-refractivity contribution in [3.63, 3.8) is 0 Å². The number of amides is 1. The van der Waals surface area contributed by atoms with Crippen molar-refractivity contribution in [2.45, 2.75) is 25.3 Å². The van der Waals surface area contributed by atoms with Crippen LogP contribution < -0.4 is 10.2 Å². The number of fused-ring (bicyclic) bond motifs is 2. The highest BCUT2D eigenvalue weighted by Gasteiger charge is 2.24. The molecule has 5 nitrogen and oxygen atoms in total. The van der Waals surface area contributed by atoms with E-state index in [4.69, 9.17) is 0 Å². The Morgan fingerprint density at radius 1 is 1.28 bits per heavy atom. The third-order valence-electron chi connectivity index (χ3n) is 4.92. The number of nitrogens with zero attached hydrogens (tertiary/aromatic N) is 2. The molecule has 128 valence electrons. The smallest absolute Gasteiger partial charge is 0.255 e. The Morgan fingerprint density at radius 3 is 2.96 bits per heavy atom. The molecule has 0 spiro atoms. The molecule has 0 aliphatic heterocycles. The molecule has 1 aromatic carbocycles. The number of carbonyl (C=O) groups excluding carboxylic acids is 1. The van der Waals surface area contributed by atoms with Gasteiger partial charge >= 0.3 is 0 Å². The van der Waals surface area contributed by atoms with E-state index in [1.807, 2.05) is 37.3 Å². The first kappa shape index (κ1) is 15.7. The summed E-state index contributed by atoms with van der Waals surface area (Å²) in [5.41, 5.74) is 4.88. The molecule has 1 amide bonds. The van der Waals surface area contributed by atoms with E-state index in [2.05, 4.69) is 33.5 Å². The van der Waals surface area contributed by atoms with E-state index in [-0.39, 0.29) is 11.9 Å². The van der Waals surface area contributed by atoms with Gasteiger partial charge in [0.25, 0.3) is 5.91 Å². The summed E-state index contributed by atoms with van der Waals surface area (Å²) < 4.78 is 0. The van der Waals surface area contributed by atoms with Crippen molar-refractivity contribution in [3.05, 3.63) is 59.4 Å². The van der Waals surface area contributed by atoms with E-state index in [1.165, 1.54) is 11.1 Å². The molecule has 25 heavy (non-hydrogen) atoms. The molecule has 0 saturated heterocycles. The first-order chi connectivity index (χ1) is 12.1. The van der Waals surface area contributed by atoms with Crippen molar-refractivity contribution >= 4 is 22.6 Å². The number of anilines is 1. The molecule has 3 aromatic rings. The third-order valence-corrected chi connectivity index (χ3v) is 4.92. The zero-order valence-electron chi connectivity index (χ0n) is 14.5. The van der Waals surface area contributed by atoms with Crippen LogP contribution in [0.5, 0.6) is 0 Å². The zero-order valence-corrected chi connectivity index (χ0v) is 14.5. The van der Waals surface area contributed by atoms with Crippen LogP contribution in [-0.2, 0) is 6.42 Å². The average molecular weight is 334 g/mol. The highest BCUT2D eigenvalue weighted by atomic mass is 16.1. The predicted octanol–water partition coefficient (Wildman–Crippen LogP) is 3.44. The fourth-order valence-corrected chi connectivity index (χ4v) is 3.78. The third kappa shape index (κ3) is 2.76. The van der Waals surface area contributed by atoms with Gasteiger partial charge in [-0.25, -0.2) is 4.98 Å². The molecule has 0 fully saturated rings. The molecule has 2 aromatic heterocycles. The van der Waals surface area contributed by atoms with Gasteiger partial charge in [-0.2, -0.15) is 0 Å². The highest BCUT2D eigenvalue weighted by molar-refractivity contribution is 6.06. The van der Waals surface area contributed by atoms with Crippen LogP contribution >= 0.6 is 0 Å². The van der Waals surface area contributed by atoms with E-state index in [1.54, 1.807) is 6.20 Å². The van der Waals surface area contributed by atoms with Crippen molar-refractivity contribution in [2.75, 3.05) is 19.0 Å². The molecule has 0 unspecified atom stereocenters. The molecule has 0 saturated carbocycles. The first-order valence-corrected chi connectivity index (χ1v) is 8.67. The number of aromatic amines is 1. The number of H-pyrrole nitrogens is 1. The van der Waals surface area contributed by atoms with Crippen LogP contribution in [0.3, 0.4) is 0 Å². The normalized spacial score (nSPS) is 16.5. The number of hydrogen-bond donors (Lipinski definition) is 2. The Kier molecular flexibility index (Phi) is 3.92. The van der Waals surface area contributed by atoms with Gasteiger partial charge in [0.2, 0.25) is 0 Å². The van der Waals surface area contributed by atoms with E-state index in [9.17, 15) is 4.79 Å².